The smallest absolute Gasteiger partial charge is 0.448 e. The Morgan fingerprint density at radius 1 is 1.18 bits per heavy atom. The Kier molecular flexibility index (Phi) is 7.82. The van der Waals surface area contributed by atoms with Crippen molar-refractivity contribution in [1.82, 2.24) is 9.88 Å². The van der Waals surface area contributed by atoms with Gasteiger partial charge < -0.3 is 9.64 Å². The number of benzene rings is 1. The topological polar surface area (TPSA) is 129 Å². The Morgan fingerprint density at radius 2 is 1.80 bits per heavy atom. The summed E-state index contributed by atoms with van der Waals surface area (Å²) >= 11 is 0. The van der Waals surface area contributed by atoms with Crippen LogP contribution in [0.3, 0.4) is 0 Å². The van der Waals surface area contributed by atoms with Gasteiger partial charge in [0, 0.05) is 12.7 Å². The number of ether oxygens (including phenoxy) is 1. The van der Waals surface area contributed by atoms with Gasteiger partial charge in [-0.1, -0.05) is 20.8 Å². The molecule has 2 aliphatic rings. The predicted octanol–water partition coefficient (Wildman–Crippen LogP) is 4.02. The maximum Gasteiger partial charge on any atom is 0.501 e. The van der Waals surface area contributed by atoms with Crippen LogP contribution in [0.15, 0.2) is 47.6 Å². The molecule has 1 spiro atoms. The largest absolute Gasteiger partial charge is 0.501 e. The van der Waals surface area contributed by atoms with Crippen LogP contribution in [0.4, 0.5) is 39.8 Å². The van der Waals surface area contributed by atoms with Gasteiger partial charge in [0.1, 0.15) is 12.1 Å². The van der Waals surface area contributed by atoms with E-state index in [1.54, 1.807) is 6.92 Å². The van der Waals surface area contributed by atoms with E-state index in [4.69, 9.17) is 4.74 Å². The molecule has 1 aromatic heterocycles. The monoisotopic (exact) mass is 583 g/mol. The number of anilines is 3. The quantitative estimate of drug-likeness (QED) is 0.439. The van der Waals surface area contributed by atoms with Crippen molar-refractivity contribution in [2.24, 2.45) is 5.92 Å². The fourth-order valence-corrected chi connectivity index (χ4v) is 5.51. The SMILES string of the molecule is CCN(CC)CCOC(=O)Nc1cnccc1N1C(=O)N(c2ccc(S(=O)(=O)C(F)(F)F)cc2)C(=O)C12CC2C. The summed E-state index contributed by atoms with van der Waals surface area (Å²) in [5.74, 6) is -0.901. The number of aromatic nitrogens is 1. The van der Waals surface area contributed by atoms with Crippen molar-refractivity contribution in [1.29, 1.82) is 0 Å². The van der Waals surface area contributed by atoms with Gasteiger partial charge in [-0.25, -0.2) is 22.9 Å². The van der Waals surface area contributed by atoms with Gasteiger partial charge in [0.05, 0.1) is 28.2 Å². The van der Waals surface area contributed by atoms with E-state index in [9.17, 15) is 36.0 Å². The highest BCUT2D eigenvalue weighted by Crippen LogP contribution is 2.56. The van der Waals surface area contributed by atoms with Gasteiger partial charge in [0.25, 0.3) is 15.7 Å². The molecule has 2 fully saturated rings. The van der Waals surface area contributed by atoms with E-state index in [2.05, 4.69) is 15.2 Å². The van der Waals surface area contributed by atoms with E-state index in [1.807, 2.05) is 13.8 Å². The molecule has 2 heterocycles. The number of likely N-dealkylation sites (N-methyl/N-ethyl adjacent to an activating group) is 1. The van der Waals surface area contributed by atoms with Crippen LogP contribution in [0, 0.1) is 5.92 Å². The fraction of sp³-hybridized carbons (Fsp3) is 0.440. The first kappa shape index (κ1) is 29.3. The lowest BCUT2D eigenvalue weighted by Crippen LogP contribution is -2.39. The van der Waals surface area contributed by atoms with Crippen molar-refractivity contribution in [3.05, 3.63) is 42.7 Å². The number of hydrogen-bond donors (Lipinski definition) is 1. The molecule has 11 nitrogen and oxygen atoms in total. The molecule has 1 aromatic carbocycles. The zero-order chi connectivity index (χ0) is 29.5. The molecule has 1 saturated carbocycles. The van der Waals surface area contributed by atoms with Crippen LogP contribution in [-0.4, -0.2) is 73.6 Å². The average Bonchev–Trinajstić information content (AvgIpc) is 3.52. The maximum absolute atomic E-state index is 13.7. The standard InChI is InChI=1S/C25H28F3N5O6S/c1-4-31(5-2)12-13-39-22(35)30-19-15-29-11-10-20(19)33-23(36)32(21(34)24(33)14-16(24)3)17-6-8-18(9-7-17)40(37,38)25(26,27)28/h6-11,15-16H,4-5,12-14H2,1-3H3,(H,30,35). The van der Waals surface area contributed by atoms with Crippen LogP contribution in [0.1, 0.15) is 27.2 Å². The van der Waals surface area contributed by atoms with E-state index < -0.39 is 43.8 Å². The number of urea groups is 1. The number of carbonyl (C=O) groups is 3. The van der Waals surface area contributed by atoms with Gasteiger partial charge in [-0.2, -0.15) is 13.2 Å². The lowest BCUT2D eigenvalue weighted by Gasteiger charge is -2.24. The Bertz CT molecular complexity index is 1410. The highest BCUT2D eigenvalue weighted by molar-refractivity contribution is 7.92. The molecule has 216 valence electrons. The molecule has 1 N–H and O–H groups in total. The third kappa shape index (κ3) is 4.98. The maximum atomic E-state index is 13.7. The van der Waals surface area contributed by atoms with Crippen LogP contribution in [0.2, 0.25) is 0 Å². The summed E-state index contributed by atoms with van der Waals surface area (Å²) < 4.78 is 67.5. The van der Waals surface area contributed by atoms with E-state index in [1.165, 1.54) is 23.4 Å². The van der Waals surface area contributed by atoms with Crippen LogP contribution in [0.25, 0.3) is 0 Å². The first-order valence-electron chi connectivity index (χ1n) is 12.5. The number of imide groups is 1. The lowest BCUT2D eigenvalue weighted by molar-refractivity contribution is -0.119. The van der Waals surface area contributed by atoms with Gasteiger partial charge in [0.2, 0.25) is 0 Å². The normalized spacial score (nSPS) is 20.9. The van der Waals surface area contributed by atoms with Crippen LogP contribution in [-0.2, 0) is 19.4 Å². The Labute approximate surface area is 228 Å². The van der Waals surface area contributed by atoms with Crippen molar-refractivity contribution in [2.75, 3.05) is 41.4 Å². The number of pyridine rings is 1. The summed E-state index contributed by atoms with van der Waals surface area (Å²) in [6, 6.07) is 3.96. The minimum absolute atomic E-state index is 0.100. The van der Waals surface area contributed by atoms with Crippen molar-refractivity contribution in [2.45, 2.75) is 43.1 Å². The Morgan fingerprint density at radius 3 is 2.35 bits per heavy atom. The number of amides is 4. The van der Waals surface area contributed by atoms with E-state index in [0.717, 1.165) is 30.1 Å². The summed E-state index contributed by atoms with van der Waals surface area (Å²) in [7, 11) is -5.61. The fourth-order valence-electron chi connectivity index (χ4n) is 4.75. The van der Waals surface area contributed by atoms with Crippen molar-refractivity contribution in [3.63, 3.8) is 0 Å². The lowest BCUT2D eigenvalue weighted by atomic mass is 10.1. The second-order valence-electron chi connectivity index (χ2n) is 9.41. The molecule has 4 rings (SSSR count). The third-order valence-corrected chi connectivity index (χ3v) is 8.65. The summed E-state index contributed by atoms with van der Waals surface area (Å²) in [5, 5.41) is 2.57. The van der Waals surface area contributed by atoms with E-state index in [0.29, 0.717) is 25.1 Å². The van der Waals surface area contributed by atoms with Crippen molar-refractivity contribution >= 4 is 44.9 Å². The zero-order valence-electron chi connectivity index (χ0n) is 21.9. The number of carbonyl (C=O) groups excluding carboxylic acids is 3. The first-order chi connectivity index (χ1) is 18.8. The van der Waals surface area contributed by atoms with Crippen molar-refractivity contribution in [3.8, 4) is 0 Å². The predicted molar refractivity (Wildman–Crippen MR) is 139 cm³/mol. The van der Waals surface area contributed by atoms with E-state index in [-0.39, 0.29) is 29.6 Å². The van der Waals surface area contributed by atoms with Crippen LogP contribution in [0.5, 0.6) is 0 Å². The molecule has 4 amide bonds. The molecule has 1 saturated heterocycles. The van der Waals surface area contributed by atoms with E-state index >= 15 is 0 Å². The third-order valence-electron chi connectivity index (χ3n) is 7.15. The molecule has 0 bridgehead atoms. The minimum atomic E-state index is -5.61. The first-order valence-corrected chi connectivity index (χ1v) is 14.0. The zero-order valence-corrected chi connectivity index (χ0v) is 22.8. The average molecular weight is 584 g/mol. The minimum Gasteiger partial charge on any atom is -0.448 e. The highest BCUT2D eigenvalue weighted by atomic mass is 32.2. The number of alkyl halides is 3. The molecular weight excluding hydrogens is 555 g/mol. The van der Waals surface area contributed by atoms with Gasteiger partial charge in [-0.15, -0.1) is 0 Å². The number of rotatable bonds is 9. The molecular formula is C25H28F3N5O6S. The summed E-state index contributed by atoms with van der Waals surface area (Å²) in [6.45, 7) is 7.95. The number of halogens is 3. The molecule has 1 aliphatic heterocycles. The molecule has 2 unspecified atom stereocenters. The molecule has 1 aliphatic carbocycles. The molecule has 15 heteroatoms. The molecule has 2 aromatic rings. The van der Waals surface area contributed by atoms with Gasteiger partial charge in [-0.05, 0) is 55.8 Å². The number of hydrogen-bond acceptors (Lipinski definition) is 8. The number of sulfone groups is 1. The molecule has 40 heavy (non-hydrogen) atoms. The second-order valence-corrected chi connectivity index (χ2v) is 11.4. The van der Waals surface area contributed by atoms with Crippen molar-refractivity contribution < 1.29 is 40.7 Å². The molecule has 2 atom stereocenters. The van der Waals surface area contributed by atoms with Crippen LogP contribution < -0.4 is 15.1 Å². The van der Waals surface area contributed by atoms with Gasteiger partial charge in [-0.3, -0.25) is 20.0 Å². The second kappa shape index (κ2) is 10.7. The number of nitrogens with one attached hydrogen (secondary N) is 1. The van der Waals surface area contributed by atoms with Gasteiger partial charge >= 0.3 is 17.6 Å². The van der Waals surface area contributed by atoms with Crippen LogP contribution >= 0.6 is 0 Å². The molecule has 0 radical (unpaired) electrons. The van der Waals surface area contributed by atoms with Gasteiger partial charge in [0.15, 0.2) is 0 Å². The Hall–Kier alpha value is -3.72. The summed E-state index contributed by atoms with van der Waals surface area (Å²) in [6.07, 6.45) is 2.20. The highest BCUT2D eigenvalue weighted by Gasteiger charge is 2.71. The number of nitrogens with zero attached hydrogens (tertiary/aromatic N) is 4. The Balaban J connectivity index is 1.61. The summed E-state index contributed by atoms with van der Waals surface area (Å²) in [5.41, 5.74) is -6.61. The summed E-state index contributed by atoms with van der Waals surface area (Å²) in [4.78, 5) is 46.8.